The van der Waals surface area contributed by atoms with E-state index in [2.05, 4.69) is 49.9 Å². The first-order valence-corrected chi connectivity index (χ1v) is 12.4. The van der Waals surface area contributed by atoms with Gasteiger partial charge in [-0.15, -0.1) is 0 Å². The number of nitrogen functional groups attached to an aromatic ring is 1. The second kappa shape index (κ2) is 9.38. The molecule has 2 aromatic carbocycles. The van der Waals surface area contributed by atoms with Crippen LogP contribution in [0.5, 0.6) is 5.75 Å². The SMILES string of the molecule is CC(=O)N1c2cc(OCCCN3CCCCC3)c(N)cc2C(C)(c2ccccc2)CC1(C)C. The third kappa shape index (κ3) is 4.74. The van der Waals surface area contributed by atoms with Crippen LogP contribution < -0.4 is 15.4 Å². The molecule has 0 radical (unpaired) electrons. The van der Waals surface area contributed by atoms with Gasteiger partial charge in [-0.05, 0) is 69.8 Å². The van der Waals surface area contributed by atoms with Gasteiger partial charge in [0, 0.05) is 30.5 Å². The topological polar surface area (TPSA) is 58.8 Å². The summed E-state index contributed by atoms with van der Waals surface area (Å²) in [6.07, 6.45) is 5.74. The largest absolute Gasteiger partial charge is 0.491 e. The van der Waals surface area contributed by atoms with Crippen molar-refractivity contribution < 1.29 is 9.53 Å². The van der Waals surface area contributed by atoms with Crippen molar-refractivity contribution in [3.05, 3.63) is 53.6 Å². The monoisotopic (exact) mass is 449 g/mol. The molecule has 2 aromatic rings. The van der Waals surface area contributed by atoms with E-state index in [0.29, 0.717) is 18.0 Å². The zero-order valence-electron chi connectivity index (χ0n) is 20.7. The van der Waals surface area contributed by atoms with E-state index in [1.54, 1.807) is 6.92 Å². The Morgan fingerprint density at radius 3 is 2.42 bits per heavy atom. The van der Waals surface area contributed by atoms with Crippen LogP contribution in [0, 0.1) is 0 Å². The van der Waals surface area contributed by atoms with Crippen molar-refractivity contribution >= 4 is 17.3 Å². The standard InChI is InChI=1S/C28H39N3O2/c1-21(32)31-25-19-26(33-17-11-16-30-14-9-6-10-15-30)24(29)18-23(25)28(4,20-27(31,2)3)22-12-7-5-8-13-22/h5,7-8,12-13,18-19H,6,9-11,14-17,20,29H2,1-4H3. The molecule has 0 aliphatic carbocycles. The van der Waals surface area contributed by atoms with Crippen LogP contribution in [0.25, 0.3) is 0 Å². The van der Waals surface area contributed by atoms with Gasteiger partial charge in [-0.3, -0.25) is 4.79 Å². The number of piperidine rings is 1. The number of rotatable bonds is 6. The summed E-state index contributed by atoms with van der Waals surface area (Å²) >= 11 is 0. The number of hydrogen-bond acceptors (Lipinski definition) is 4. The fraction of sp³-hybridized carbons (Fsp3) is 0.536. The molecular weight excluding hydrogens is 410 g/mol. The molecule has 2 N–H and O–H groups in total. The Morgan fingerprint density at radius 1 is 1.06 bits per heavy atom. The number of benzene rings is 2. The van der Waals surface area contributed by atoms with Crippen molar-refractivity contribution in [2.75, 3.05) is 36.9 Å². The summed E-state index contributed by atoms with van der Waals surface area (Å²) in [5, 5.41) is 0. The number of hydrogen-bond donors (Lipinski definition) is 1. The van der Waals surface area contributed by atoms with E-state index >= 15 is 0 Å². The zero-order valence-corrected chi connectivity index (χ0v) is 20.7. The predicted octanol–water partition coefficient (Wildman–Crippen LogP) is 5.36. The molecule has 2 heterocycles. The summed E-state index contributed by atoms with van der Waals surface area (Å²) in [6.45, 7) is 12.3. The first-order valence-electron chi connectivity index (χ1n) is 12.4. The molecule has 1 saturated heterocycles. The first-order chi connectivity index (χ1) is 15.7. The number of carbonyl (C=O) groups is 1. The van der Waals surface area contributed by atoms with Crippen molar-refractivity contribution in [1.82, 2.24) is 4.90 Å². The average Bonchev–Trinajstić information content (AvgIpc) is 2.78. The molecule has 2 aliphatic rings. The highest BCUT2D eigenvalue weighted by atomic mass is 16.5. The fourth-order valence-electron chi connectivity index (χ4n) is 6.02. The van der Waals surface area contributed by atoms with Gasteiger partial charge in [0.15, 0.2) is 0 Å². The maximum absolute atomic E-state index is 12.8. The Morgan fingerprint density at radius 2 is 1.76 bits per heavy atom. The smallest absolute Gasteiger partial charge is 0.224 e. The minimum Gasteiger partial charge on any atom is -0.491 e. The molecule has 1 unspecified atom stereocenters. The summed E-state index contributed by atoms with van der Waals surface area (Å²) < 4.78 is 6.17. The Hall–Kier alpha value is -2.53. The average molecular weight is 450 g/mol. The van der Waals surface area contributed by atoms with Gasteiger partial charge in [0.05, 0.1) is 18.0 Å². The second-order valence-corrected chi connectivity index (χ2v) is 10.6. The molecular formula is C28H39N3O2. The van der Waals surface area contributed by atoms with Gasteiger partial charge in [-0.25, -0.2) is 0 Å². The van der Waals surface area contributed by atoms with E-state index < -0.39 is 0 Å². The first kappa shape index (κ1) is 23.6. The summed E-state index contributed by atoms with van der Waals surface area (Å²) in [5.41, 5.74) is 9.78. The number of ether oxygens (including phenoxy) is 1. The molecule has 0 bridgehead atoms. The molecule has 1 fully saturated rings. The highest BCUT2D eigenvalue weighted by Gasteiger charge is 2.47. The van der Waals surface area contributed by atoms with Gasteiger partial charge in [0.25, 0.3) is 0 Å². The second-order valence-electron chi connectivity index (χ2n) is 10.6. The highest BCUT2D eigenvalue weighted by molar-refractivity contribution is 5.96. The van der Waals surface area contributed by atoms with Crippen LogP contribution in [0.15, 0.2) is 42.5 Å². The third-order valence-electron chi connectivity index (χ3n) is 7.41. The Labute approximate surface area is 198 Å². The van der Waals surface area contributed by atoms with Crippen LogP contribution in [0.1, 0.15) is 70.9 Å². The number of nitrogens with zero attached hydrogens (tertiary/aromatic N) is 2. The van der Waals surface area contributed by atoms with Gasteiger partial charge >= 0.3 is 0 Å². The number of fused-ring (bicyclic) bond motifs is 1. The number of anilines is 2. The quantitative estimate of drug-likeness (QED) is 0.476. The lowest BCUT2D eigenvalue weighted by molar-refractivity contribution is -0.117. The van der Waals surface area contributed by atoms with Crippen LogP contribution in [0.2, 0.25) is 0 Å². The van der Waals surface area contributed by atoms with Gasteiger partial charge in [0.2, 0.25) is 5.91 Å². The molecule has 0 saturated carbocycles. The highest BCUT2D eigenvalue weighted by Crippen LogP contribution is 2.52. The van der Waals surface area contributed by atoms with Gasteiger partial charge in [0.1, 0.15) is 5.75 Å². The van der Waals surface area contributed by atoms with Crippen LogP contribution in [0.4, 0.5) is 11.4 Å². The van der Waals surface area contributed by atoms with Crippen molar-refractivity contribution in [3.8, 4) is 5.75 Å². The molecule has 1 amide bonds. The number of amides is 1. The van der Waals surface area contributed by atoms with E-state index in [4.69, 9.17) is 10.5 Å². The van der Waals surface area contributed by atoms with Crippen LogP contribution in [-0.2, 0) is 10.2 Å². The van der Waals surface area contributed by atoms with Gasteiger partial charge in [-0.1, -0.05) is 43.7 Å². The van der Waals surface area contributed by atoms with Gasteiger partial charge in [-0.2, -0.15) is 0 Å². The van der Waals surface area contributed by atoms with E-state index in [9.17, 15) is 4.79 Å². The lowest BCUT2D eigenvalue weighted by Gasteiger charge is -2.51. The maximum atomic E-state index is 12.8. The Balaban J connectivity index is 1.64. The fourth-order valence-corrected chi connectivity index (χ4v) is 6.02. The molecule has 0 aromatic heterocycles. The number of likely N-dealkylation sites (tertiary alicyclic amines) is 1. The van der Waals surface area contributed by atoms with Crippen molar-refractivity contribution in [2.45, 2.75) is 70.8 Å². The summed E-state index contributed by atoms with van der Waals surface area (Å²) in [4.78, 5) is 17.3. The minimum atomic E-state index is -0.342. The Bertz CT molecular complexity index is 982. The third-order valence-corrected chi connectivity index (χ3v) is 7.41. The number of nitrogens with two attached hydrogens (primary N) is 1. The molecule has 0 spiro atoms. The van der Waals surface area contributed by atoms with Crippen LogP contribution >= 0.6 is 0 Å². The lowest BCUT2D eigenvalue weighted by Crippen LogP contribution is -2.55. The van der Waals surface area contributed by atoms with Crippen molar-refractivity contribution in [3.63, 3.8) is 0 Å². The molecule has 33 heavy (non-hydrogen) atoms. The van der Waals surface area contributed by atoms with Crippen molar-refractivity contribution in [2.24, 2.45) is 0 Å². The Kier molecular flexibility index (Phi) is 6.71. The minimum absolute atomic E-state index is 0.0391. The van der Waals surface area contributed by atoms with E-state index in [1.807, 2.05) is 23.1 Å². The van der Waals surface area contributed by atoms with E-state index in [1.165, 1.54) is 37.9 Å². The summed E-state index contributed by atoms with van der Waals surface area (Å²) in [6, 6.07) is 14.6. The number of carbonyl (C=O) groups excluding carboxylic acids is 1. The summed E-state index contributed by atoms with van der Waals surface area (Å²) in [7, 11) is 0. The normalized spacial score (nSPS) is 22.6. The van der Waals surface area contributed by atoms with E-state index in [-0.39, 0.29) is 16.9 Å². The maximum Gasteiger partial charge on any atom is 0.224 e. The molecule has 1 atom stereocenters. The molecule has 2 aliphatic heterocycles. The molecule has 178 valence electrons. The predicted molar refractivity (Wildman–Crippen MR) is 136 cm³/mol. The zero-order chi connectivity index (χ0) is 23.6. The molecule has 4 rings (SSSR count). The molecule has 5 nitrogen and oxygen atoms in total. The van der Waals surface area contributed by atoms with Crippen LogP contribution in [0.3, 0.4) is 0 Å². The van der Waals surface area contributed by atoms with Gasteiger partial charge < -0.3 is 20.3 Å². The lowest BCUT2D eigenvalue weighted by atomic mass is 9.65. The van der Waals surface area contributed by atoms with E-state index in [0.717, 1.165) is 30.6 Å². The summed E-state index contributed by atoms with van der Waals surface area (Å²) in [5.74, 6) is 0.712. The van der Waals surface area contributed by atoms with Crippen LogP contribution in [-0.4, -0.2) is 42.6 Å². The molecule has 5 heteroatoms. The van der Waals surface area contributed by atoms with Crippen molar-refractivity contribution in [1.29, 1.82) is 0 Å².